The topological polar surface area (TPSA) is 35.6 Å². The zero-order valence-corrected chi connectivity index (χ0v) is 13.1. The standard InChI is InChI=1S/C18H14N4S/c1-11-19-21(13-1)15-3-7-17(8-4-15)23-18-9-5-16(6-10-18)22-14-2-12-20-22/h1-14H. The third kappa shape index (κ3) is 3.05. The predicted octanol–water partition coefficient (Wildman–Crippen LogP) is 4.21. The summed E-state index contributed by atoms with van der Waals surface area (Å²) in [4.78, 5) is 2.40. The van der Waals surface area contributed by atoms with Gasteiger partial charge < -0.3 is 0 Å². The summed E-state index contributed by atoms with van der Waals surface area (Å²) in [5.74, 6) is 0. The summed E-state index contributed by atoms with van der Waals surface area (Å²) in [5.41, 5.74) is 2.13. The number of hydrogen-bond donors (Lipinski definition) is 0. The van der Waals surface area contributed by atoms with Gasteiger partial charge in [0.1, 0.15) is 0 Å². The van der Waals surface area contributed by atoms with Gasteiger partial charge in [-0.3, -0.25) is 0 Å². The van der Waals surface area contributed by atoms with Gasteiger partial charge in [0.25, 0.3) is 0 Å². The Hall–Kier alpha value is -2.79. The molecular weight excluding hydrogens is 304 g/mol. The fourth-order valence-electron chi connectivity index (χ4n) is 2.31. The van der Waals surface area contributed by atoms with Gasteiger partial charge in [-0.05, 0) is 60.7 Å². The van der Waals surface area contributed by atoms with Crippen LogP contribution in [0.5, 0.6) is 0 Å². The molecule has 112 valence electrons. The Bertz CT molecular complexity index is 788. The Labute approximate surface area is 138 Å². The predicted molar refractivity (Wildman–Crippen MR) is 91.3 cm³/mol. The van der Waals surface area contributed by atoms with E-state index >= 15 is 0 Å². The molecule has 5 heteroatoms. The van der Waals surface area contributed by atoms with Crippen LogP contribution in [0.2, 0.25) is 0 Å². The van der Waals surface area contributed by atoms with E-state index in [1.807, 2.05) is 33.9 Å². The molecule has 0 aliphatic carbocycles. The van der Waals surface area contributed by atoms with Crippen molar-refractivity contribution in [1.29, 1.82) is 0 Å². The van der Waals surface area contributed by atoms with Crippen molar-refractivity contribution in [3.8, 4) is 11.4 Å². The van der Waals surface area contributed by atoms with E-state index in [4.69, 9.17) is 0 Å². The molecule has 0 N–H and O–H groups in total. The molecule has 0 unspecified atom stereocenters. The molecule has 2 aromatic carbocycles. The fraction of sp³-hybridized carbons (Fsp3) is 0. The Morgan fingerprint density at radius 2 is 1.04 bits per heavy atom. The van der Waals surface area contributed by atoms with Gasteiger partial charge in [-0.2, -0.15) is 10.2 Å². The normalized spacial score (nSPS) is 10.8. The van der Waals surface area contributed by atoms with Crippen LogP contribution in [0.25, 0.3) is 11.4 Å². The Kier molecular flexibility index (Phi) is 3.70. The molecule has 0 spiro atoms. The molecule has 4 rings (SSSR count). The van der Waals surface area contributed by atoms with Gasteiger partial charge in [0, 0.05) is 34.6 Å². The fourth-order valence-corrected chi connectivity index (χ4v) is 3.13. The minimum atomic E-state index is 1.06. The van der Waals surface area contributed by atoms with E-state index in [0.29, 0.717) is 0 Å². The lowest BCUT2D eigenvalue weighted by atomic mass is 10.3. The largest absolute Gasteiger partial charge is 0.241 e. The highest BCUT2D eigenvalue weighted by molar-refractivity contribution is 7.99. The maximum absolute atomic E-state index is 4.24. The van der Waals surface area contributed by atoms with Crippen LogP contribution in [0.4, 0.5) is 0 Å². The zero-order valence-electron chi connectivity index (χ0n) is 12.3. The summed E-state index contributed by atoms with van der Waals surface area (Å²) >= 11 is 1.74. The van der Waals surface area contributed by atoms with Crippen LogP contribution in [0.15, 0.2) is 95.2 Å². The van der Waals surface area contributed by atoms with E-state index in [1.165, 1.54) is 9.79 Å². The van der Waals surface area contributed by atoms with E-state index < -0.39 is 0 Å². The van der Waals surface area contributed by atoms with Gasteiger partial charge in [0.15, 0.2) is 0 Å². The lowest BCUT2D eigenvalue weighted by Crippen LogP contribution is -1.93. The summed E-state index contributed by atoms with van der Waals surface area (Å²) in [6.45, 7) is 0. The minimum Gasteiger partial charge on any atom is -0.241 e. The van der Waals surface area contributed by atoms with Crippen LogP contribution in [0.3, 0.4) is 0 Å². The van der Waals surface area contributed by atoms with Gasteiger partial charge in [-0.15, -0.1) is 0 Å². The van der Waals surface area contributed by atoms with Crippen molar-refractivity contribution >= 4 is 11.8 Å². The first kappa shape index (κ1) is 13.8. The van der Waals surface area contributed by atoms with Gasteiger partial charge in [-0.1, -0.05) is 11.8 Å². The van der Waals surface area contributed by atoms with E-state index in [-0.39, 0.29) is 0 Å². The van der Waals surface area contributed by atoms with Crippen molar-refractivity contribution in [2.45, 2.75) is 9.79 Å². The van der Waals surface area contributed by atoms with Crippen molar-refractivity contribution in [2.24, 2.45) is 0 Å². The molecule has 0 aliphatic rings. The van der Waals surface area contributed by atoms with E-state index in [2.05, 4.69) is 58.7 Å². The monoisotopic (exact) mass is 318 g/mol. The van der Waals surface area contributed by atoms with Crippen LogP contribution in [-0.4, -0.2) is 19.6 Å². The molecule has 0 amide bonds. The van der Waals surface area contributed by atoms with Crippen molar-refractivity contribution < 1.29 is 0 Å². The molecule has 0 saturated heterocycles. The summed E-state index contributed by atoms with van der Waals surface area (Å²) in [5, 5.41) is 8.47. The van der Waals surface area contributed by atoms with Gasteiger partial charge in [0.05, 0.1) is 11.4 Å². The first-order valence-electron chi connectivity index (χ1n) is 7.26. The van der Waals surface area contributed by atoms with Crippen LogP contribution >= 0.6 is 11.8 Å². The van der Waals surface area contributed by atoms with Crippen LogP contribution in [0.1, 0.15) is 0 Å². The second-order valence-electron chi connectivity index (χ2n) is 4.99. The molecule has 4 aromatic rings. The molecule has 0 radical (unpaired) electrons. The number of nitrogens with zero attached hydrogens (tertiary/aromatic N) is 4. The van der Waals surface area contributed by atoms with Crippen LogP contribution in [0, 0.1) is 0 Å². The third-order valence-electron chi connectivity index (χ3n) is 3.45. The molecule has 4 nitrogen and oxygen atoms in total. The molecule has 2 heterocycles. The summed E-state index contributed by atoms with van der Waals surface area (Å²) in [6, 6.07) is 20.6. The highest BCUT2D eigenvalue weighted by Crippen LogP contribution is 2.28. The molecule has 0 bridgehead atoms. The quantitative estimate of drug-likeness (QED) is 0.565. The third-order valence-corrected chi connectivity index (χ3v) is 4.46. The summed E-state index contributed by atoms with van der Waals surface area (Å²) < 4.78 is 3.71. The lowest BCUT2D eigenvalue weighted by Gasteiger charge is -2.06. The average molecular weight is 318 g/mol. The van der Waals surface area contributed by atoms with E-state index in [0.717, 1.165) is 11.4 Å². The highest BCUT2D eigenvalue weighted by Gasteiger charge is 2.01. The first-order valence-corrected chi connectivity index (χ1v) is 8.08. The Morgan fingerprint density at radius 1 is 0.609 bits per heavy atom. The Morgan fingerprint density at radius 3 is 1.39 bits per heavy atom. The van der Waals surface area contributed by atoms with Gasteiger partial charge in [-0.25, -0.2) is 9.36 Å². The number of rotatable bonds is 4. The number of hydrogen-bond acceptors (Lipinski definition) is 3. The molecule has 23 heavy (non-hydrogen) atoms. The summed E-state index contributed by atoms with van der Waals surface area (Å²) in [7, 11) is 0. The van der Waals surface area contributed by atoms with Crippen LogP contribution in [-0.2, 0) is 0 Å². The Balaban J connectivity index is 1.49. The number of benzene rings is 2. The number of aromatic nitrogens is 4. The zero-order chi connectivity index (χ0) is 15.5. The maximum atomic E-state index is 4.24. The highest BCUT2D eigenvalue weighted by atomic mass is 32.2. The second-order valence-corrected chi connectivity index (χ2v) is 6.14. The van der Waals surface area contributed by atoms with Crippen molar-refractivity contribution in [2.75, 3.05) is 0 Å². The second kappa shape index (κ2) is 6.14. The molecule has 2 aromatic heterocycles. The van der Waals surface area contributed by atoms with Crippen LogP contribution < -0.4 is 0 Å². The van der Waals surface area contributed by atoms with Crippen molar-refractivity contribution in [3.63, 3.8) is 0 Å². The van der Waals surface area contributed by atoms with Crippen molar-refractivity contribution in [1.82, 2.24) is 19.6 Å². The lowest BCUT2D eigenvalue weighted by molar-refractivity contribution is 0.878. The smallest absolute Gasteiger partial charge is 0.0646 e. The molecule has 0 aliphatic heterocycles. The maximum Gasteiger partial charge on any atom is 0.0646 e. The molecule has 0 fully saturated rings. The van der Waals surface area contributed by atoms with Gasteiger partial charge in [0.2, 0.25) is 0 Å². The van der Waals surface area contributed by atoms with E-state index in [9.17, 15) is 0 Å². The first-order chi connectivity index (χ1) is 11.4. The molecule has 0 atom stereocenters. The minimum absolute atomic E-state index is 1.06. The van der Waals surface area contributed by atoms with Crippen molar-refractivity contribution in [3.05, 3.63) is 85.5 Å². The SMILES string of the molecule is c1cnn(-c2ccc(Sc3ccc(-n4cccn4)cc3)cc2)c1. The molecule has 0 saturated carbocycles. The summed E-state index contributed by atoms with van der Waals surface area (Å²) in [6.07, 6.45) is 7.44. The average Bonchev–Trinajstić information content (AvgIpc) is 3.30. The molecular formula is C18H14N4S. The van der Waals surface area contributed by atoms with E-state index in [1.54, 1.807) is 24.2 Å². The van der Waals surface area contributed by atoms with Gasteiger partial charge >= 0.3 is 0 Å².